The van der Waals surface area contributed by atoms with Gasteiger partial charge in [-0.1, -0.05) is 13.3 Å². The minimum absolute atomic E-state index is 0.639. The van der Waals surface area contributed by atoms with Crippen LogP contribution >= 0.6 is 0 Å². The number of nitrogens with one attached hydrogen (secondary N) is 1. The molecular weight excluding hydrogens is 226 g/mol. The van der Waals surface area contributed by atoms with Crippen molar-refractivity contribution in [2.24, 2.45) is 0 Å². The van der Waals surface area contributed by atoms with Crippen molar-refractivity contribution in [2.45, 2.75) is 32.6 Å². The van der Waals surface area contributed by atoms with Crippen molar-refractivity contribution in [2.75, 3.05) is 53.4 Å². The lowest BCUT2D eigenvalue weighted by Gasteiger charge is -2.28. The molecule has 0 radical (unpaired) electrons. The van der Waals surface area contributed by atoms with Crippen LogP contribution in [0.3, 0.4) is 0 Å². The highest BCUT2D eigenvalue weighted by Gasteiger charge is 2.07. The number of hydrogen-bond acceptors (Lipinski definition) is 4. The molecule has 0 aliphatic carbocycles. The van der Waals surface area contributed by atoms with Crippen LogP contribution in [0.2, 0.25) is 0 Å². The lowest BCUT2D eigenvalue weighted by atomic mass is 10.2. The van der Waals surface area contributed by atoms with E-state index < -0.39 is 0 Å². The van der Waals surface area contributed by atoms with Crippen molar-refractivity contribution in [3.05, 3.63) is 0 Å². The second kappa shape index (κ2) is 13.0. The molecule has 18 heavy (non-hydrogen) atoms. The molecule has 2 heterocycles. The first kappa shape index (κ1) is 17.6. The van der Waals surface area contributed by atoms with E-state index in [2.05, 4.69) is 29.2 Å². The Labute approximate surface area is 113 Å². The number of carbonyl (C=O) groups is 1. The predicted molar refractivity (Wildman–Crippen MR) is 78.1 cm³/mol. The summed E-state index contributed by atoms with van der Waals surface area (Å²) in [5.41, 5.74) is 0. The van der Waals surface area contributed by atoms with E-state index in [1.165, 1.54) is 58.5 Å². The van der Waals surface area contributed by atoms with Gasteiger partial charge < -0.3 is 19.9 Å². The van der Waals surface area contributed by atoms with Gasteiger partial charge in [-0.05, 0) is 40.0 Å². The van der Waals surface area contributed by atoms with Crippen LogP contribution in [-0.2, 0) is 4.79 Å². The van der Waals surface area contributed by atoms with E-state index in [9.17, 15) is 4.79 Å². The summed E-state index contributed by atoms with van der Waals surface area (Å²) in [6.45, 7) is 9.24. The summed E-state index contributed by atoms with van der Waals surface area (Å²) in [5.74, 6) is 0. The van der Waals surface area contributed by atoms with Gasteiger partial charge in [0.15, 0.2) is 0 Å². The second-order valence-electron chi connectivity index (χ2n) is 4.99. The van der Waals surface area contributed by atoms with Crippen LogP contribution in [-0.4, -0.2) is 69.4 Å². The number of aldehydes is 1. The summed E-state index contributed by atoms with van der Waals surface area (Å²) in [6.07, 6.45) is 5.73. The van der Waals surface area contributed by atoms with Gasteiger partial charge in [-0.2, -0.15) is 0 Å². The summed E-state index contributed by atoms with van der Waals surface area (Å²) < 4.78 is 0. The van der Waals surface area contributed by atoms with E-state index >= 15 is 0 Å². The van der Waals surface area contributed by atoms with Gasteiger partial charge in [-0.3, -0.25) is 0 Å². The molecular formula is C14H31N3O. The molecule has 0 aromatic rings. The highest BCUT2D eigenvalue weighted by atomic mass is 16.1. The van der Waals surface area contributed by atoms with Gasteiger partial charge in [-0.15, -0.1) is 0 Å². The first-order valence-electron chi connectivity index (χ1n) is 7.22. The molecule has 0 bridgehead atoms. The van der Waals surface area contributed by atoms with Crippen LogP contribution in [0.1, 0.15) is 32.6 Å². The highest BCUT2D eigenvalue weighted by Crippen LogP contribution is 1.96. The van der Waals surface area contributed by atoms with E-state index in [1.54, 1.807) is 0 Å². The van der Waals surface area contributed by atoms with Crippen molar-refractivity contribution < 1.29 is 4.79 Å². The predicted octanol–water partition coefficient (Wildman–Crippen LogP) is 1.22. The average Bonchev–Trinajstić information content (AvgIpc) is 2.45. The van der Waals surface area contributed by atoms with Crippen LogP contribution in [0.5, 0.6) is 0 Å². The van der Waals surface area contributed by atoms with Gasteiger partial charge in [0.1, 0.15) is 6.29 Å². The summed E-state index contributed by atoms with van der Waals surface area (Å²) in [6, 6.07) is 0. The van der Waals surface area contributed by atoms with Gasteiger partial charge in [0, 0.05) is 32.6 Å². The van der Waals surface area contributed by atoms with Crippen molar-refractivity contribution in [1.29, 1.82) is 0 Å². The fourth-order valence-electron chi connectivity index (χ4n) is 1.71. The minimum Gasteiger partial charge on any atom is -0.317 e. The van der Waals surface area contributed by atoms with E-state index in [-0.39, 0.29) is 0 Å². The molecule has 0 saturated carbocycles. The maximum Gasteiger partial charge on any atom is 0.119 e. The Morgan fingerprint density at radius 1 is 0.944 bits per heavy atom. The molecule has 0 aromatic heterocycles. The zero-order chi connectivity index (χ0) is 13.6. The maximum absolute atomic E-state index is 9.17. The number of nitrogens with zero attached hydrogens (tertiary/aromatic N) is 2. The van der Waals surface area contributed by atoms with Crippen molar-refractivity contribution in [3.63, 3.8) is 0 Å². The number of piperidine rings is 1. The Morgan fingerprint density at radius 3 is 1.50 bits per heavy atom. The highest BCUT2D eigenvalue weighted by molar-refractivity contribution is 5.48. The Morgan fingerprint density at radius 2 is 1.33 bits per heavy atom. The minimum atomic E-state index is 0.639. The molecule has 2 fully saturated rings. The first-order chi connectivity index (χ1) is 8.70. The second-order valence-corrected chi connectivity index (χ2v) is 4.99. The van der Waals surface area contributed by atoms with E-state index in [0.29, 0.717) is 6.42 Å². The van der Waals surface area contributed by atoms with E-state index in [0.717, 1.165) is 6.29 Å². The lowest BCUT2D eigenvalue weighted by Crippen LogP contribution is -2.42. The van der Waals surface area contributed by atoms with Crippen LogP contribution in [0.4, 0.5) is 0 Å². The van der Waals surface area contributed by atoms with E-state index in [1.807, 2.05) is 6.92 Å². The van der Waals surface area contributed by atoms with Crippen LogP contribution in [0, 0.1) is 0 Å². The Hall–Kier alpha value is -0.450. The third-order valence-electron chi connectivity index (χ3n) is 3.10. The molecule has 2 saturated heterocycles. The molecule has 2 aliphatic rings. The monoisotopic (exact) mass is 257 g/mol. The quantitative estimate of drug-likeness (QED) is 0.717. The third-order valence-corrected chi connectivity index (χ3v) is 3.10. The van der Waals surface area contributed by atoms with Gasteiger partial charge in [-0.25, -0.2) is 0 Å². The standard InChI is InChI=1S/C6H14N2.C5H11N.C3H6O/c1-7-3-5-8(2)6-4-7;1-2-4-6-5-3-1;1-2-3-4/h3-6H2,1-2H3;6H,1-5H2;3H,2H2,1H3. The molecule has 0 atom stereocenters. The fourth-order valence-corrected chi connectivity index (χ4v) is 1.71. The maximum atomic E-state index is 9.17. The molecule has 4 nitrogen and oxygen atoms in total. The normalized spacial score (nSPS) is 21.1. The van der Waals surface area contributed by atoms with E-state index in [4.69, 9.17) is 0 Å². The van der Waals surface area contributed by atoms with Crippen molar-refractivity contribution >= 4 is 6.29 Å². The molecule has 0 spiro atoms. The number of likely N-dealkylation sites (N-methyl/N-ethyl adjacent to an activating group) is 2. The molecule has 0 unspecified atom stereocenters. The largest absolute Gasteiger partial charge is 0.317 e. The summed E-state index contributed by atoms with van der Waals surface area (Å²) in [4.78, 5) is 13.9. The van der Waals surface area contributed by atoms with Crippen molar-refractivity contribution in [1.82, 2.24) is 15.1 Å². The molecule has 0 amide bonds. The van der Waals surface area contributed by atoms with Crippen LogP contribution in [0.25, 0.3) is 0 Å². The number of hydrogen-bond donors (Lipinski definition) is 1. The third kappa shape index (κ3) is 12.0. The summed E-state index contributed by atoms with van der Waals surface area (Å²) in [7, 11) is 4.35. The average molecular weight is 257 g/mol. The molecule has 2 rings (SSSR count). The topological polar surface area (TPSA) is 35.6 Å². The summed E-state index contributed by atoms with van der Waals surface area (Å²) in [5, 5.41) is 3.28. The fraction of sp³-hybridized carbons (Fsp3) is 0.929. The lowest BCUT2D eigenvalue weighted by molar-refractivity contribution is -0.107. The van der Waals surface area contributed by atoms with Crippen LogP contribution in [0.15, 0.2) is 0 Å². The van der Waals surface area contributed by atoms with Gasteiger partial charge in [0.2, 0.25) is 0 Å². The SMILES string of the molecule is C1CCNCC1.CCC=O.CN1CCN(C)CC1. The molecule has 108 valence electrons. The zero-order valence-electron chi connectivity index (χ0n) is 12.5. The van der Waals surface area contributed by atoms with Gasteiger partial charge >= 0.3 is 0 Å². The number of rotatable bonds is 1. The molecule has 0 aromatic carbocycles. The first-order valence-corrected chi connectivity index (χ1v) is 7.22. The number of piperazine rings is 1. The zero-order valence-corrected chi connectivity index (χ0v) is 12.5. The summed E-state index contributed by atoms with van der Waals surface area (Å²) >= 11 is 0. The van der Waals surface area contributed by atoms with Crippen molar-refractivity contribution in [3.8, 4) is 0 Å². The Balaban J connectivity index is 0.000000257. The number of carbonyl (C=O) groups excluding carboxylic acids is 1. The van der Waals surface area contributed by atoms with Gasteiger partial charge in [0.25, 0.3) is 0 Å². The molecule has 1 N–H and O–H groups in total. The molecule has 4 heteroatoms. The Bertz CT molecular complexity index is 154. The van der Waals surface area contributed by atoms with Gasteiger partial charge in [0.05, 0.1) is 0 Å². The Kier molecular flexibility index (Phi) is 12.7. The molecule has 2 aliphatic heterocycles. The smallest absolute Gasteiger partial charge is 0.119 e. The van der Waals surface area contributed by atoms with Crippen LogP contribution < -0.4 is 5.32 Å².